The molecule has 1 N–H and O–H groups in total. The maximum absolute atomic E-state index is 4.12. The molecule has 2 rings (SSSR count). The first kappa shape index (κ1) is 6.09. The smallest absolute Gasteiger partial charge is 0.111 e. The molecular weight excluding hydrogens is 138 g/mol. The van der Waals surface area contributed by atoms with E-state index in [1.54, 1.807) is 12.5 Å². The maximum atomic E-state index is 4.12. The molecule has 54 valence electrons. The molecule has 1 aliphatic heterocycles. The van der Waals surface area contributed by atoms with Crippen molar-refractivity contribution in [3.8, 4) is 0 Å². The van der Waals surface area contributed by atoms with Gasteiger partial charge in [0.1, 0.15) is 5.69 Å². The highest BCUT2D eigenvalue weighted by Gasteiger charge is 2.07. The summed E-state index contributed by atoms with van der Waals surface area (Å²) < 4.78 is 0. The second kappa shape index (κ2) is 2.20. The van der Waals surface area contributed by atoms with Gasteiger partial charge in [0.2, 0.25) is 0 Å². The zero-order valence-electron chi connectivity index (χ0n) is 5.91. The maximum Gasteiger partial charge on any atom is 0.111 e. The van der Waals surface area contributed by atoms with Crippen molar-refractivity contribution in [1.82, 2.24) is 10.3 Å². The minimum absolute atomic E-state index is 0.801. The van der Waals surface area contributed by atoms with Crippen LogP contribution in [0, 0.1) is 0 Å². The summed E-state index contributed by atoms with van der Waals surface area (Å²) in [4.78, 5) is 8.21. The van der Waals surface area contributed by atoms with E-state index < -0.39 is 0 Å². The molecule has 0 saturated carbocycles. The Morgan fingerprint density at radius 3 is 3.18 bits per heavy atom. The van der Waals surface area contributed by atoms with Gasteiger partial charge in [-0.2, -0.15) is 0 Å². The van der Waals surface area contributed by atoms with Crippen LogP contribution in [-0.2, 0) is 0 Å². The van der Waals surface area contributed by atoms with Crippen molar-refractivity contribution >= 4 is 17.7 Å². The van der Waals surface area contributed by atoms with Crippen LogP contribution in [0.2, 0.25) is 0 Å². The van der Waals surface area contributed by atoms with Crippen molar-refractivity contribution in [3.05, 3.63) is 30.6 Å². The van der Waals surface area contributed by atoms with Crippen molar-refractivity contribution in [2.45, 2.75) is 0 Å². The number of nitrogens with zero attached hydrogens (tertiary/aromatic N) is 2. The molecule has 2 heterocycles. The molecule has 0 amide bonds. The van der Waals surface area contributed by atoms with Crippen LogP contribution in [0.1, 0.15) is 5.69 Å². The number of nitrogens with one attached hydrogen (secondary N) is 1. The first-order chi connectivity index (χ1) is 5.38. The average molecular weight is 145 g/mol. The Hall–Kier alpha value is -1.64. The third-order valence-corrected chi connectivity index (χ3v) is 1.51. The summed E-state index contributed by atoms with van der Waals surface area (Å²) in [5, 5.41) is 2.89. The van der Waals surface area contributed by atoms with Crippen LogP contribution in [0.25, 0.3) is 5.70 Å². The van der Waals surface area contributed by atoms with Crippen molar-refractivity contribution in [3.63, 3.8) is 0 Å². The summed E-state index contributed by atoms with van der Waals surface area (Å²) in [5.74, 6) is 0. The van der Waals surface area contributed by atoms with Gasteiger partial charge in [0.05, 0.1) is 17.7 Å². The lowest BCUT2D eigenvalue weighted by Gasteiger charge is -2.11. The molecule has 1 aliphatic rings. The fourth-order valence-electron chi connectivity index (χ4n) is 0.982. The molecule has 0 atom stereocenters. The summed E-state index contributed by atoms with van der Waals surface area (Å²) >= 11 is 0. The molecule has 0 unspecified atom stereocenters. The van der Waals surface area contributed by atoms with Gasteiger partial charge < -0.3 is 5.32 Å². The molecule has 1 aromatic rings. The molecule has 0 fully saturated rings. The zero-order valence-corrected chi connectivity index (χ0v) is 5.91. The summed E-state index contributed by atoms with van der Waals surface area (Å²) in [5.41, 5.74) is 2.50. The highest BCUT2D eigenvalue weighted by Crippen LogP contribution is 2.22. The number of pyridine rings is 1. The van der Waals surface area contributed by atoms with Crippen LogP contribution in [0.5, 0.6) is 0 Å². The fraction of sp³-hybridized carbons (Fsp3) is 0. The number of hydrogen-bond acceptors (Lipinski definition) is 3. The van der Waals surface area contributed by atoms with Gasteiger partial charge in [0.25, 0.3) is 0 Å². The van der Waals surface area contributed by atoms with Crippen molar-refractivity contribution in [2.24, 2.45) is 4.99 Å². The Bertz CT molecular complexity index is 328. The van der Waals surface area contributed by atoms with E-state index in [0.717, 1.165) is 17.1 Å². The average Bonchev–Trinajstić information content (AvgIpc) is 2.06. The summed E-state index contributed by atoms with van der Waals surface area (Å²) in [6.45, 7) is 3.79. The Labute approximate surface area is 64.5 Å². The number of aromatic nitrogens is 1. The predicted octanol–water partition coefficient (Wildman–Crippen LogP) is 1.32. The van der Waals surface area contributed by atoms with Crippen LogP contribution >= 0.6 is 0 Å². The molecule has 1 aromatic heterocycles. The lowest BCUT2D eigenvalue weighted by molar-refractivity contribution is 1.17. The van der Waals surface area contributed by atoms with Crippen LogP contribution in [0.3, 0.4) is 0 Å². The summed E-state index contributed by atoms with van der Waals surface area (Å²) in [7, 11) is 0. The van der Waals surface area contributed by atoms with Crippen LogP contribution in [0.15, 0.2) is 29.9 Å². The van der Waals surface area contributed by atoms with Gasteiger partial charge in [-0.1, -0.05) is 6.58 Å². The van der Waals surface area contributed by atoms with E-state index in [1.165, 1.54) is 0 Å². The second-order valence-corrected chi connectivity index (χ2v) is 2.25. The molecule has 0 bridgehead atoms. The van der Waals surface area contributed by atoms with E-state index >= 15 is 0 Å². The molecule has 11 heavy (non-hydrogen) atoms. The monoisotopic (exact) mass is 145 g/mol. The third-order valence-electron chi connectivity index (χ3n) is 1.51. The molecule has 3 heteroatoms. The topological polar surface area (TPSA) is 37.3 Å². The van der Waals surface area contributed by atoms with Crippen molar-refractivity contribution in [1.29, 1.82) is 0 Å². The molecule has 3 nitrogen and oxygen atoms in total. The number of aliphatic imine (C=N–C) groups is 1. The lowest BCUT2D eigenvalue weighted by atomic mass is 10.2. The SMILES string of the molecule is C=C1NC=Nc2cccnc21. The highest BCUT2D eigenvalue weighted by atomic mass is 15.0. The Kier molecular flexibility index (Phi) is 1.22. The lowest BCUT2D eigenvalue weighted by Crippen LogP contribution is -2.13. The molecule has 0 saturated heterocycles. The third kappa shape index (κ3) is 0.902. The van der Waals surface area contributed by atoms with E-state index in [2.05, 4.69) is 21.9 Å². The zero-order chi connectivity index (χ0) is 7.68. The van der Waals surface area contributed by atoms with E-state index in [9.17, 15) is 0 Å². The predicted molar refractivity (Wildman–Crippen MR) is 44.6 cm³/mol. The van der Waals surface area contributed by atoms with Crippen LogP contribution in [-0.4, -0.2) is 11.3 Å². The van der Waals surface area contributed by atoms with E-state index in [-0.39, 0.29) is 0 Å². The largest absolute Gasteiger partial charge is 0.345 e. The highest BCUT2D eigenvalue weighted by molar-refractivity contribution is 5.84. The molecule has 0 aliphatic carbocycles. The van der Waals surface area contributed by atoms with Gasteiger partial charge in [-0.05, 0) is 12.1 Å². The number of hydrogen-bond donors (Lipinski definition) is 1. The van der Waals surface area contributed by atoms with Crippen molar-refractivity contribution < 1.29 is 0 Å². The Balaban J connectivity index is 2.63. The van der Waals surface area contributed by atoms with Crippen LogP contribution < -0.4 is 5.32 Å². The number of fused-ring (bicyclic) bond motifs is 1. The van der Waals surface area contributed by atoms with Gasteiger partial charge >= 0.3 is 0 Å². The minimum Gasteiger partial charge on any atom is -0.345 e. The molecule has 0 aromatic carbocycles. The van der Waals surface area contributed by atoms with Gasteiger partial charge in [-0.25, -0.2) is 4.99 Å². The molecular formula is C8H7N3. The summed E-state index contributed by atoms with van der Waals surface area (Å²) in [6, 6.07) is 3.76. The summed E-state index contributed by atoms with van der Waals surface area (Å²) in [6.07, 6.45) is 3.35. The molecule has 0 spiro atoms. The standard InChI is InChI=1S/C8H7N3/c1-6-8-7(11-5-10-6)3-2-4-9-8/h2-5H,1H2,(H,10,11). The van der Waals surface area contributed by atoms with Gasteiger partial charge in [0.15, 0.2) is 0 Å². The van der Waals surface area contributed by atoms with E-state index in [4.69, 9.17) is 0 Å². The minimum atomic E-state index is 0.801. The fourth-order valence-corrected chi connectivity index (χ4v) is 0.982. The normalized spacial score (nSPS) is 14.0. The van der Waals surface area contributed by atoms with Gasteiger partial charge in [-0.3, -0.25) is 4.98 Å². The Morgan fingerprint density at radius 1 is 1.45 bits per heavy atom. The second-order valence-electron chi connectivity index (χ2n) is 2.25. The van der Waals surface area contributed by atoms with E-state index in [1.807, 2.05) is 12.1 Å². The van der Waals surface area contributed by atoms with Gasteiger partial charge in [-0.15, -0.1) is 0 Å². The number of rotatable bonds is 0. The first-order valence-electron chi connectivity index (χ1n) is 3.31. The Morgan fingerprint density at radius 2 is 2.36 bits per heavy atom. The molecule has 0 radical (unpaired) electrons. The van der Waals surface area contributed by atoms with Crippen LogP contribution in [0.4, 0.5) is 5.69 Å². The first-order valence-corrected chi connectivity index (χ1v) is 3.31. The van der Waals surface area contributed by atoms with Crippen molar-refractivity contribution in [2.75, 3.05) is 0 Å². The van der Waals surface area contributed by atoms with E-state index in [0.29, 0.717) is 0 Å². The quantitative estimate of drug-likeness (QED) is 0.597. The van der Waals surface area contributed by atoms with Gasteiger partial charge in [0, 0.05) is 6.20 Å².